The highest BCUT2D eigenvalue weighted by molar-refractivity contribution is 6.05. The van der Waals surface area contributed by atoms with E-state index in [-0.39, 0.29) is 17.9 Å². The molecule has 27 heavy (non-hydrogen) atoms. The molecule has 0 bridgehead atoms. The second-order valence-corrected chi connectivity index (χ2v) is 7.39. The molecule has 1 aromatic heterocycles. The molecule has 0 saturated heterocycles. The summed E-state index contributed by atoms with van der Waals surface area (Å²) in [7, 11) is 0. The van der Waals surface area contributed by atoms with Gasteiger partial charge in [-0.1, -0.05) is 24.6 Å². The van der Waals surface area contributed by atoms with Crippen molar-refractivity contribution in [1.29, 1.82) is 0 Å². The Labute approximate surface area is 160 Å². The minimum atomic E-state index is -0.254. The summed E-state index contributed by atoms with van der Waals surface area (Å²) in [5.41, 5.74) is 4.15. The average molecular weight is 368 g/mol. The van der Waals surface area contributed by atoms with Gasteiger partial charge in [0, 0.05) is 18.3 Å². The predicted octanol–water partition coefficient (Wildman–Crippen LogP) is 3.62. The summed E-state index contributed by atoms with van der Waals surface area (Å²) in [6.45, 7) is 8.70. The lowest BCUT2D eigenvalue weighted by atomic mass is 10.1. The van der Waals surface area contributed by atoms with Gasteiger partial charge in [-0.2, -0.15) is 0 Å². The maximum atomic E-state index is 12.9. The van der Waals surface area contributed by atoms with Crippen LogP contribution in [0, 0.1) is 13.8 Å². The molecule has 144 valence electrons. The van der Waals surface area contributed by atoms with Crippen molar-refractivity contribution >= 4 is 17.5 Å². The van der Waals surface area contributed by atoms with Gasteiger partial charge in [0.2, 0.25) is 0 Å². The maximum Gasteiger partial charge on any atom is 0.287 e. The molecule has 0 fully saturated rings. The van der Waals surface area contributed by atoms with E-state index in [9.17, 15) is 9.59 Å². The fourth-order valence-corrected chi connectivity index (χ4v) is 3.42. The van der Waals surface area contributed by atoms with E-state index < -0.39 is 0 Å². The third-order valence-electron chi connectivity index (χ3n) is 5.16. The molecule has 0 aliphatic carbocycles. The van der Waals surface area contributed by atoms with Crippen molar-refractivity contribution in [2.24, 2.45) is 0 Å². The summed E-state index contributed by atoms with van der Waals surface area (Å²) in [6.07, 6.45) is 3.60. The second-order valence-electron chi connectivity index (χ2n) is 7.39. The van der Waals surface area contributed by atoms with E-state index in [1.165, 1.54) is 0 Å². The van der Waals surface area contributed by atoms with Crippen molar-refractivity contribution in [1.82, 2.24) is 14.9 Å². The van der Waals surface area contributed by atoms with Crippen LogP contribution < -0.4 is 10.6 Å². The number of nitrogens with zero attached hydrogens (tertiary/aromatic N) is 2. The van der Waals surface area contributed by atoms with Gasteiger partial charge < -0.3 is 15.2 Å². The minimum Gasteiger partial charge on any atom is -0.347 e. The number of hydrogen-bond acceptors (Lipinski definition) is 3. The number of anilines is 1. The number of aromatic nitrogens is 2. The molecule has 2 heterocycles. The van der Waals surface area contributed by atoms with Crippen LogP contribution in [-0.2, 0) is 13.0 Å². The molecule has 1 aliphatic heterocycles. The highest BCUT2D eigenvalue weighted by Gasteiger charge is 2.28. The van der Waals surface area contributed by atoms with E-state index in [1.54, 1.807) is 0 Å². The highest BCUT2D eigenvalue weighted by atomic mass is 16.2. The van der Waals surface area contributed by atoms with E-state index in [0.29, 0.717) is 11.5 Å². The van der Waals surface area contributed by atoms with Gasteiger partial charge in [0.15, 0.2) is 11.5 Å². The van der Waals surface area contributed by atoms with Gasteiger partial charge in [0.05, 0.1) is 5.69 Å². The van der Waals surface area contributed by atoms with E-state index in [1.807, 2.05) is 50.5 Å². The van der Waals surface area contributed by atoms with Crippen LogP contribution in [0.15, 0.2) is 18.2 Å². The lowest BCUT2D eigenvalue weighted by molar-refractivity contribution is 0.0923. The number of rotatable bonds is 5. The van der Waals surface area contributed by atoms with Crippen molar-refractivity contribution < 1.29 is 9.59 Å². The molecule has 6 heteroatoms. The molecule has 0 saturated carbocycles. The third kappa shape index (κ3) is 4.04. The number of imidazole rings is 1. The van der Waals surface area contributed by atoms with Gasteiger partial charge in [-0.15, -0.1) is 0 Å². The lowest BCUT2D eigenvalue weighted by Crippen LogP contribution is -2.34. The summed E-state index contributed by atoms with van der Waals surface area (Å²) >= 11 is 0. The Bertz CT molecular complexity index is 869. The summed E-state index contributed by atoms with van der Waals surface area (Å²) in [5.74, 6) is -0.121. The highest BCUT2D eigenvalue weighted by Crippen LogP contribution is 2.23. The van der Waals surface area contributed by atoms with Gasteiger partial charge in [-0.25, -0.2) is 4.98 Å². The van der Waals surface area contributed by atoms with Crippen molar-refractivity contribution in [3.8, 4) is 0 Å². The van der Waals surface area contributed by atoms with E-state index in [0.717, 1.165) is 54.7 Å². The Morgan fingerprint density at radius 3 is 2.70 bits per heavy atom. The van der Waals surface area contributed by atoms with Gasteiger partial charge in [-0.05, 0) is 58.1 Å². The molecule has 0 radical (unpaired) electrons. The number of carbonyl (C=O) groups is 2. The van der Waals surface area contributed by atoms with Crippen molar-refractivity contribution in [3.05, 3.63) is 46.5 Å². The normalized spacial score (nSPS) is 14.4. The Kier molecular flexibility index (Phi) is 5.63. The van der Waals surface area contributed by atoms with Crippen LogP contribution in [0.1, 0.15) is 71.0 Å². The van der Waals surface area contributed by atoms with Crippen LogP contribution in [0.25, 0.3) is 0 Å². The number of nitrogens with one attached hydrogen (secondary N) is 2. The first-order valence-corrected chi connectivity index (χ1v) is 9.69. The predicted molar refractivity (Wildman–Crippen MR) is 106 cm³/mol. The Morgan fingerprint density at radius 2 is 2.00 bits per heavy atom. The number of carbonyl (C=O) groups excluding carboxylic acids is 2. The zero-order valence-electron chi connectivity index (χ0n) is 16.6. The van der Waals surface area contributed by atoms with Crippen LogP contribution >= 0.6 is 0 Å². The number of hydrogen-bond donors (Lipinski definition) is 2. The molecule has 2 amide bonds. The Balaban J connectivity index is 1.90. The number of benzene rings is 1. The molecule has 3 rings (SSSR count). The molecule has 1 aliphatic rings. The smallest absolute Gasteiger partial charge is 0.287 e. The summed E-state index contributed by atoms with van der Waals surface area (Å²) in [5, 5.41) is 5.92. The zero-order valence-corrected chi connectivity index (χ0v) is 16.6. The molecule has 1 aromatic carbocycles. The van der Waals surface area contributed by atoms with Gasteiger partial charge in [0.25, 0.3) is 11.8 Å². The lowest BCUT2D eigenvalue weighted by Gasteiger charge is -2.18. The van der Waals surface area contributed by atoms with E-state index >= 15 is 0 Å². The summed E-state index contributed by atoms with van der Waals surface area (Å²) in [6, 6.07) is 5.97. The molecule has 0 spiro atoms. The van der Waals surface area contributed by atoms with Crippen LogP contribution in [0.3, 0.4) is 0 Å². The first kappa shape index (κ1) is 19.1. The molecule has 1 atom stereocenters. The topological polar surface area (TPSA) is 76.0 Å². The Hall–Kier alpha value is -2.63. The number of fused-ring (bicyclic) bond motifs is 1. The fourth-order valence-electron chi connectivity index (χ4n) is 3.42. The quantitative estimate of drug-likeness (QED) is 0.846. The van der Waals surface area contributed by atoms with Crippen LogP contribution in [0.2, 0.25) is 0 Å². The third-order valence-corrected chi connectivity index (χ3v) is 5.16. The summed E-state index contributed by atoms with van der Waals surface area (Å²) in [4.78, 5) is 30.0. The van der Waals surface area contributed by atoms with Gasteiger partial charge in [-0.3, -0.25) is 9.59 Å². The van der Waals surface area contributed by atoms with Crippen molar-refractivity contribution in [3.63, 3.8) is 0 Å². The standard InChI is InChI=1S/C21H28N4O2/c1-5-15(4)22-21(27)19-24-18(17-8-6-7-11-25(17)19)20(26)23-16-10-9-13(2)12-14(16)3/h9-10,12,15H,5-8,11H2,1-4H3,(H,22,27)(H,23,26). The van der Waals surface area contributed by atoms with Crippen LogP contribution in [-0.4, -0.2) is 27.4 Å². The van der Waals surface area contributed by atoms with E-state index in [2.05, 4.69) is 15.6 Å². The maximum absolute atomic E-state index is 12.9. The Morgan fingerprint density at radius 1 is 1.22 bits per heavy atom. The molecule has 2 aromatic rings. The molecule has 2 N–H and O–H groups in total. The summed E-state index contributed by atoms with van der Waals surface area (Å²) < 4.78 is 1.91. The van der Waals surface area contributed by atoms with Crippen LogP contribution in [0.5, 0.6) is 0 Å². The largest absolute Gasteiger partial charge is 0.347 e. The fraction of sp³-hybridized carbons (Fsp3) is 0.476. The zero-order chi connectivity index (χ0) is 19.6. The van der Waals surface area contributed by atoms with Crippen molar-refractivity contribution in [2.45, 2.75) is 66.0 Å². The first-order chi connectivity index (χ1) is 12.9. The van der Waals surface area contributed by atoms with Gasteiger partial charge in [0.1, 0.15) is 0 Å². The monoisotopic (exact) mass is 368 g/mol. The molecular weight excluding hydrogens is 340 g/mol. The average Bonchev–Trinajstić information content (AvgIpc) is 3.04. The number of aryl methyl sites for hydroxylation is 2. The SMILES string of the molecule is CCC(C)NC(=O)c1nc(C(=O)Nc2ccc(C)cc2C)c2n1CCCC2. The molecular formula is C21H28N4O2. The first-order valence-electron chi connectivity index (χ1n) is 9.69. The molecule has 1 unspecified atom stereocenters. The van der Waals surface area contributed by atoms with Crippen LogP contribution in [0.4, 0.5) is 5.69 Å². The van der Waals surface area contributed by atoms with E-state index in [4.69, 9.17) is 0 Å². The van der Waals surface area contributed by atoms with Gasteiger partial charge >= 0.3 is 0 Å². The minimum absolute atomic E-state index is 0.0709. The molecule has 6 nitrogen and oxygen atoms in total. The number of amides is 2. The second kappa shape index (κ2) is 7.94. The van der Waals surface area contributed by atoms with Crippen molar-refractivity contribution in [2.75, 3.05) is 5.32 Å².